The summed E-state index contributed by atoms with van der Waals surface area (Å²) in [6.45, 7) is -0.0107. The van der Waals surface area contributed by atoms with Crippen molar-refractivity contribution in [2.45, 2.75) is 32.3 Å². The molecule has 152 valence electrons. The minimum atomic E-state index is -0.478. The number of nitrogens with zero attached hydrogens (tertiary/aromatic N) is 1. The van der Waals surface area contributed by atoms with E-state index in [1.54, 1.807) is 24.3 Å². The molecule has 0 bridgehead atoms. The summed E-state index contributed by atoms with van der Waals surface area (Å²) in [7, 11) is 0. The Morgan fingerprint density at radius 2 is 1.93 bits per heavy atom. The molecule has 1 aliphatic carbocycles. The van der Waals surface area contributed by atoms with Crippen molar-refractivity contribution >= 4 is 33.5 Å². The molecule has 0 amide bonds. The van der Waals surface area contributed by atoms with E-state index in [9.17, 15) is 4.79 Å². The van der Waals surface area contributed by atoms with Crippen LogP contribution < -0.4 is 0 Å². The highest BCUT2D eigenvalue weighted by atomic mass is 79.9. The fraction of sp³-hybridized carbons (Fsp3) is 0.250. The SMILES string of the molecule is O=C(OCc1cc(-c2ccc(Br)cc2)no1)c1ccc(C#CC2CCCC2)c(Cl)c1. The molecular formula is C24H19BrClNO3. The standard InChI is InChI=1S/C24H19BrClNO3/c25-20-11-9-18(10-12-20)23-14-21(30-27-23)15-29-24(28)19-8-7-17(22(26)13-19)6-5-16-3-1-2-4-16/h7-14,16H,1-4,15H2. The molecule has 0 saturated heterocycles. The van der Waals surface area contributed by atoms with Crippen molar-refractivity contribution in [3.05, 3.63) is 74.9 Å². The number of hydrogen-bond acceptors (Lipinski definition) is 4. The predicted molar refractivity (Wildman–Crippen MR) is 119 cm³/mol. The van der Waals surface area contributed by atoms with Crippen LogP contribution in [0.4, 0.5) is 0 Å². The highest BCUT2D eigenvalue weighted by Gasteiger charge is 2.14. The Labute approximate surface area is 188 Å². The van der Waals surface area contributed by atoms with Gasteiger partial charge in [-0.1, -0.05) is 69.5 Å². The fourth-order valence-electron chi connectivity index (χ4n) is 3.35. The van der Waals surface area contributed by atoms with E-state index in [-0.39, 0.29) is 6.61 Å². The zero-order valence-corrected chi connectivity index (χ0v) is 18.5. The topological polar surface area (TPSA) is 52.3 Å². The Hall–Kier alpha value is -2.55. The van der Waals surface area contributed by atoms with E-state index >= 15 is 0 Å². The number of benzene rings is 2. The predicted octanol–water partition coefficient (Wildman–Crippen LogP) is 6.66. The third kappa shape index (κ3) is 5.13. The van der Waals surface area contributed by atoms with Gasteiger partial charge in [-0.25, -0.2) is 4.79 Å². The third-order valence-electron chi connectivity index (χ3n) is 5.02. The van der Waals surface area contributed by atoms with Crippen molar-refractivity contribution in [2.75, 3.05) is 0 Å². The first kappa shape index (κ1) is 20.7. The molecule has 1 fully saturated rings. The average Bonchev–Trinajstić information content (AvgIpc) is 3.44. The van der Waals surface area contributed by atoms with E-state index in [4.69, 9.17) is 20.9 Å². The molecule has 6 heteroatoms. The smallest absolute Gasteiger partial charge is 0.338 e. The zero-order valence-electron chi connectivity index (χ0n) is 16.2. The van der Waals surface area contributed by atoms with Crippen molar-refractivity contribution in [1.82, 2.24) is 5.16 Å². The van der Waals surface area contributed by atoms with Gasteiger partial charge in [-0.3, -0.25) is 0 Å². The van der Waals surface area contributed by atoms with Crippen molar-refractivity contribution < 1.29 is 14.1 Å². The quantitative estimate of drug-likeness (QED) is 0.307. The maximum Gasteiger partial charge on any atom is 0.338 e. The van der Waals surface area contributed by atoms with Gasteiger partial charge in [-0.2, -0.15) is 0 Å². The number of aromatic nitrogens is 1. The summed E-state index contributed by atoms with van der Waals surface area (Å²) in [5.41, 5.74) is 2.70. The van der Waals surface area contributed by atoms with E-state index in [1.807, 2.05) is 24.3 Å². The summed E-state index contributed by atoms with van der Waals surface area (Å²) in [6, 6.07) is 14.5. The van der Waals surface area contributed by atoms with Crippen LogP contribution >= 0.6 is 27.5 Å². The van der Waals surface area contributed by atoms with Crippen molar-refractivity contribution in [2.24, 2.45) is 5.92 Å². The second-order valence-corrected chi connectivity index (χ2v) is 8.53. The number of halogens is 2. The summed E-state index contributed by atoms with van der Waals surface area (Å²) in [5.74, 6) is 6.86. The summed E-state index contributed by atoms with van der Waals surface area (Å²) in [6.07, 6.45) is 4.79. The monoisotopic (exact) mass is 483 g/mol. The molecule has 1 saturated carbocycles. The van der Waals surface area contributed by atoms with Crippen LogP contribution in [0.5, 0.6) is 0 Å². The molecule has 4 nitrogen and oxygen atoms in total. The molecule has 0 unspecified atom stereocenters. The molecule has 1 aliphatic rings. The average molecular weight is 485 g/mol. The number of carbonyl (C=O) groups is 1. The first-order chi connectivity index (χ1) is 14.6. The van der Waals surface area contributed by atoms with Gasteiger partial charge in [-0.15, -0.1) is 0 Å². The van der Waals surface area contributed by atoms with Crippen LogP contribution in [-0.2, 0) is 11.3 Å². The Kier molecular flexibility index (Phi) is 6.56. The lowest BCUT2D eigenvalue weighted by molar-refractivity contribution is 0.0437. The number of rotatable bonds is 4. The van der Waals surface area contributed by atoms with E-state index < -0.39 is 5.97 Å². The molecule has 0 N–H and O–H groups in total. The normalized spacial score (nSPS) is 13.7. The summed E-state index contributed by atoms with van der Waals surface area (Å²) in [4.78, 5) is 12.4. The maximum atomic E-state index is 12.4. The van der Waals surface area contributed by atoms with Crippen molar-refractivity contribution in [1.29, 1.82) is 0 Å². The van der Waals surface area contributed by atoms with Gasteiger partial charge in [0.1, 0.15) is 5.69 Å². The van der Waals surface area contributed by atoms with E-state index in [2.05, 4.69) is 32.9 Å². The van der Waals surface area contributed by atoms with E-state index in [0.717, 1.165) is 28.4 Å². The van der Waals surface area contributed by atoms with Crippen LogP contribution in [0.3, 0.4) is 0 Å². The molecule has 0 aliphatic heterocycles. The van der Waals surface area contributed by atoms with Gasteiger partial charge in [0.25, 0.3) is 0 Å². The van der Waals surface area contributed by atoms with Gasteiger partial charge < -0.3 is 9.26 Å². The Morgan fingerprint density at radius 1 is 1.17 bits per heavy atom. The van der Waals surface area contributed by atoms with Crippen LogP contribution in [0.1, 0.15) is 47.4 Å². The lowest BCUT2D eigenvalue weighted by Gasteiger charge is -2.04. The fourth-order valence-corrected chi connectivity index (χ4v) is 3.84. The lowest BCUT2D eigenvalue weighted by Crippen LogP contribution is -2.05. The van der Waals surface area contributed by atoms with Crippen LogP contribution in [0, 0.1) is 17.8 Å². The summed E-state index contributed by atoms with van der Waals surface area (Å²) in [5, 5.41) is 4.48. The second-order valence-electron chi connectivity index (χ2n) is 7.21. The molecule has 0 spiro atoms. The largest absolute Gasteiger partial charge is 0.454 e. The molecular weight excluding hydrogens is 466 g/mol. The first-order valence-corrected chi connectivity index (χ1v) is 11.0. The molecule has 1 aromatic heterocycles. The Morgan fingerprint density at radius 3 is 2.67 bits per heavy atom. The van der Waals surface area contributed by atoms with E-state index in [0.29, 0.717) is 28.0 Å². The molecule has 3 aromatic rings. The molecule has 30 heavy (non-hydrogen) atoms. The maximum absolute atomic E-state index is 12.4. The highest BCUT2D eigenvalue weighted by molar-refractivity contribution is 9.10. The number of hydrogen-bond donors (Lipinski definition) is 0. The molecule has 2 aromatic carbocycles. The Balaban J connectivity index is 1.37. The first-order valence-electron chi connectivity index (χ1n) is 9.78. The minimum absolute atomic E-state index is 0.0107. The van der Waals surface area contributed by atoms with Crippen molar-refractivity contribution in [3.8, 4) is 23.1 Å². The Bertz CT molecular complexity index is 1110. The molecule has 0 radical (unpaired) electrons. The van der Waals surface area contributed by atoms with Crippen LogP contribution in [-0.4, -0.2) is 11.1 Å². The van der Waals surface area contributed by atoms with E-state index in [1.165, 1.54) is 12.8 Å². The highest BCUT2D eigenvalue weighted by Crippen LogP contribution is 2.25. The van der Waals surface area contributed by atoms with Gasteiger partial charge in [0.05, 0.1) is 10.6 Å². The van der Waals surface area contributed by atoms with Crippen molar-refractivity contribution in [3.63, 3.8) is 0 Å². The molecule has 1 heterocycles. The van der Waals surface area contributed by atoms with Crippen LogP contribution in [0.15, 0.2) is 57.5 Å². The van der Waals surface area contributed by atoms with Gasteiger partial charge in [0.15, 0.2) is 12.4 Å². The molecule has 4 rings (SSSR count). The number of carbonyl (C=O) groups excluding carboxylic acids is 1. The lowest BCUT2D eigenvalue weighted by atomic mass is 10.1. The number of esters is 1. The second kappa shape index (κ2) is 9.51. The van der Waals surface area contributed by atoms with Gasteiger partial charge in [-0.05, 0) is 43.2 Å². The summed E-state index contributed by atoms with van der Waals surface area (Å²) >= 11 is 9.72. The van der Waals surface area contributed by atoms with Gasteiger partial charge >= 0.3 is 5.97 Å². The zero-order chi connectivity index (χ0) is 20.9. The minimum Gasteiger partial charge on any atom is -0.454 e. The van der Waals surface area contributed by atoms with Crippen LogP contribution in [0.2, 0.25) is 5.02 Å². The van der Waals surface area contributed by atoms with Crippen LogP contribution in [0.25, 0.3) is 11.3 Å². The third-order valence-corrected chi connectivity index (χ3v) is 5.86. The molecule has 0 atom stereocenters. The summed E-state index contributed by atoms with van der Waals surface area (Å²) < 4.78 is 11.6. The van der Waals surface area contributed by atoms with Gasteiger partial charge in [0.2, 0.25) is 0 Å². The number of ether oxygens (including phenoxy) is 1. The van der Waals surface area contributed by atoms with Gasteiger partial charge in [0, 0.05) is 27.6 Å².